The molecule has 0 bridgehead atoms. The van der Waals surface area contributed by atoms with E-state index in [1.165, 1.54) is 19.2 Å². The quantitative estimate of drug-likeness (QED) is 0.861. The second-order valence-electron chi connectivity index (χ2n) is 5.21. The Hall–Kier alpha value is -2.32. The van der Waals surface area contributed by atoms with E-state index in [2.05, 4.69) is 4.74 Å². The summed E-state index contributed by atoms with van der Waals surface area (Å²) in [7, 11) is 1.23. The van der Waals surface area contributed by atoms with Gasteiger partial charge in [-0.2, -0.15) is 13.2 Å². The van der Waals surface area contributed by atoms with Gasteiger partial charge in [0, 0.05) is 18.7 Å². The normalized spacial score (nSPS) is 21.3. The number of aliphatic carboxylic acids is 1. The molecule has 0 aromatic heterocycles. The lowest BCUT2D eigenvalue weighted by Crippen LogP contribution is -2.47. The van der Waals surface area contributed by atoms with E-state index < -0.39 is 42.3 Å². The topological polar surface area (TPSA) is 66.8 Å². The molecule has 1 atom stereocenters. The summed E-state index contributed by atoms with van der Waals surface area (Å²) in [4.78, 5) is 24.0. The fraction of sp³-hybridized carbons (Fsp3) is 0.429. The maximum Gasteiger partial charge on any atom is 0.406 e. The number of methoxy groups -OCH3 is 1. The number of alkyl halides is 3. The Balaban J connectivity index is 2.26. The molecule has 0 radical (unpaired) electrons. The van der Waals surface area contributed by atoms with E-state index >= 15 is 0 Å². The van der Waals surface area contributed by atoms with Crippen molar-refractivity contribution >= 4 is 11.9 Å². The lowest BCUT2D eigenvalue weighted by molar-refractivity contribution is -0.227. The molecule has 126 valence electrons. The summed E-state index contributed by atoms with van der Waals surface area (Å²) in [6.07, 6.45) is -5.73. The molecule has 0 aliphatic carbocycles. The first kappa shape index (κ1) is 17.0. The zero-order valence-electron chi connectivity index (χ0n) is 12.0. The molecule has 1 saturated heterocycles. The third-order valence-corrected chi connectivity index (χ3v) is 3.91. The molecule has 1 aliphatic rings. The van der Waals surface area contributed by atoms with Crippen LogP contribution in [-0.2, 0) is 4.79 Å². The molecule has 9 heteroatoms. The van der Waals surface area contributed by atoms with Crippen molar-refractivity contribution in [1.29, 1.82) is 0 Å². The summed E-state index contributed by atoms with van der Waals surface area (Å²) in [5.74, 6) is -3.84. The van der Waals surface area contributed by atoms with E-state index in [4.69, 9.17) is 5.11 Å². The molecule has 23 heavy (non-hydrogen) atoms. The summed E-state index contributed by atoms with van der Waals surface area (Å²) in [6, 6.07) is 3.22. The Kier molecular flexibility index (Phi) is 4.23. The number of carboxylic acid groups (broad SMARTS) is 1. The number of carbonyl (C=O) groups is 2. The van der Waals surface area contributed by atoms with Crippen LogP contribution in [0.1, 0.15) is 16.8 Å². The first-order valence-corrected chi connectivity index (χ1v) is 6.55. The standard InChI is InChI=1S/C14H13F4NO4/c1-23-10-3-2-8(6-9(10)15)11(20)19-5-4-13(7-19,12(21)22)14(16,17)18/h2-3,6H,4-5,7H2,1H3,(H,21,22). The van der Waals surface area contributed by atoms with Crippen molar-refractivity contribution in [2.75, 3.05) is 20.2 Å². The van der Waals surface area contributed by atoms with Gasteiger partial charge in [-0.05, 0) is 24.6 Å². The zero-order valence-corrected chi connectivity index (χ0v) is 12.0. The van der Waals surface area contributed by atoms with Gasteiger partial charge in [-0.1, -0.05) is 0 Å². The van der Waals surface area contributed by atoms with Crippen molar-refractivity contribution in [1.82, 2.24) is 4.90 Å². The summed E-state index contributed by atoms with van der Waals surface area (Å²) in [6.45, 7) is -1.38. The highest BCUT2D eigenvalue weighted by Crippen LogP contribution is 2.46. The van der Waals surface area contributed by atoms with Gasteiger partial charge in [0.05, 0.1) is 7.11 Å². The van der Waals surface area contributed by atoms with Crippen molar-refractivity contribution < 1.29 is 37.0 Å². The third kappa shape index (κ3) is 2.82. The predicted molar refractivity (Wildman–Crippen MR) is 69.6 cm³/mol. The summed E-state index contributed by atoms with van der Waals surface area (Å²) < 4.78 is 57.5. The third-order valence-electron chi connectivity index (χ3n) is 3.91. The van der Waals surface area contributed by atoms with E-state index in [1.54, 1.807) is 0 Å². The zero-order chi connectivity index (χ0) is 17.4. The minimum absolute atomic E-state index is 0.113. The second kappa shape index (κ2) is 5.71. The van der Waals surface area contributed by atoms with Gasteiger partial charge in [0.25, 0.3) is 5.91 Å². The van der Waals surface area contributed by atoms with Crippen LogP contribution in [0.25, 0.3) is 0 Å². The van der Waals surface area contributed by atoms with Crippen LogP contribution in [0.4, 0.5) is 17.6 Å². The van der Waals surface area contributed by atoms with Gasteiger partial charge >= 0.3 is 12.1 Å². The van der Waals surface area contributed by atoms with Crippen LogP contribution in [0.3, 0.4) is 0 Å². The van der Waals surface area contributed by atoms with Gasteiger partial charge in [0.1, 0.15) is 0 Å². The number of amides is 1. The van der Waals surface area contributed by atoms with E-state index in [9.17, 15) is 27.2 Å². The smallest absolute Gasteiger partial charge is 0.406 e. The number of nitrogens with zero attached hydrogens (tertiary/aromatic N) is 1. The summed E-state index contributed by atoms with van der Waals surface area (Å²) in [5.41, 5.74) is -3.17. The van der Waals surface area contributed by atoms with Gasteiger partial charge in [0.2, 0.25) is 0 Å². The predicted octanol–water partition coefficient (Wildman–Crippen LogP) is 2.31. The van der Waals surface area contributed by atoms with Crippen molar-refractivity contribution in [2.24, 2.45) is 5.41 Å². The molecule has 1 amide bonds. The van der Waals surface area contributed by atoms with Gasteiger partial charge in [-0.3, -0.25) is 9.59 Å². The molecule has 1 heterocycles. The van der Waals surface area contributed by atoms with Gasteiger partial charge < -0.3 is 14.7 Å². The second-order valence-corrected chi connectivity index (χ2v) is 5.21. The fourth-order valence-corrected chi connectivity index (χ4v) is 2.49. The summed E-state index contributed by atoms with van der Waals surface area (Å²) >= 11 is 0. The molecule has 0 spiro atoms. The minimum atomic E-state index is -4.99. The average Bonchev–Trinajstić information content (AvgIpc) is 2.92. The summed E-state index contributed by atoms with van der Waals surface area (Å²) in [5, 5.41) is 8.95. The lowest BCUT2D eigenvalue weighted by atomic mass is 9.86. The number of hydrogen-bond donors (Lipinski definition) is 1. The molecular weight excluding hydrogens is 322 g/mol. The molecule has 5 nitrogen and oxygen atoms in total. The molecule has 1 aromatic carbocycles. The van der Waals surface area contributed by atoms with Crippen LogP contribution < -0.4 is 4.74 Å². The number of ether oxygens (including phenoxy) is 1. The number of benzene rings is 1. The van der Waals surface area contributed by atoms with E-state index in [0.717, 1.165) is 11.0 Å². The van der Waals surface area contributed by atoms with Crippen LogP contribution in [-0.4, -0.2) is 48.3 Å². The number of rotatable bonds is 3. The van der Waals surface area contributed by atoms with Gasteiger partial charge in [0.15, 0.2) is 17.0 Å². The number of hydrogen-bond acceptors (Lipinski definition) is 3. The van der Waals surface area contributed by atoms with Crippen molar-refractivity contribution in [3.8, 4) is 5.75 Å². The highest BCUT2D eigenvalue weighted by Gasteiger charge is 2.64. The molecule has 2 rings (SSSR count). The Morgan fingerprint density at radius 2 is 2.00 bits per heavy atom. The number of carboxylic acids is 1. The average molecular weight is 335 g/mol. The Morgan fingerprint density at radius 3 is 2.43 bits per heavy atom. The van der Waals surface area contributed by atoms with Crippen LogP contribution in [0.2, 0.25) is 0 Å². The molecule has 1 N–H and O–H groups in total. The SMILES string of the molecule is COc1ccc(C(=O)N2CCC(C(=O)O)(C(F)(F)F)C2)cc1F. The molecular formula is C14H13F4NO4. The lowest BCUT2D eigenvalue weighted by Gasteiger charge is -2.27. The molecule has 1 aromatic rings. The Bertz CT molecular complexity index is 646. The van der Waals surface area contributed by atoms with Gasteiger partial charge in [-0.15, -0.1) is 0 Å². The van der Waals surface area contributed by atoms with Crippen molar-refractivity contribution in [3.05, 3.63) is 29.6 Å². The maximum absolute atomic E-state index is 13.6. The van der Waals surface area contributed by atoms with E-state index in [1.807, 2.05) is 0 Å². The van der Waals surface area contributed by atoms with Crippen LogP contribution >= 0.6 is 0 Å². The molecule has 0 saturated carbocycles. The van der Waals surface area contributed by atoms with Crippen LogP contribution in [0.5, 0.6) is 5.75 Å². The number of carbonyl (C=O) groups excluding carboxylic acids is 1. The first-order valence-electron chi connectivity index (χ1n) is 6.55. The van der Waals surface area contributed by atoms with Crippen LogP contribution in [0, 0.1) is 11.2 Å². The molecule has 1 unspecified atom stereocenters. The highest BCUT2D eigenvalue weighted by atomic mass is 19.4. The largest absolute Gasteiger partial charge is 0.494 e. The fourth-order valence-electron chi connectivity index (χ4n) is 2.49. The minimum Gasteiger partial charge on any atom is -0.494 e. The molecule has 1 fully saturated rings. The van der Waals surface area contributed by atoms with Crippen molar-refractivity contribution in [2.45, 2.75) is 12.6 Å². The van der Waals surface area contributed by atoms with Crippen LogP contribution in [0.15, 0.2) is 18.2 Å². The first-order chi connectivity index (χ1) is 10.6. The van der Waals surface area contributed by atoms with Gasteiger partial charge in [-0.25, -0.2) is 4.39 Å². The van der Waals surface area contributed by atoms with E-state index in [-0.39, 0.29) is 17.9 Å². The van der Waals surface area contributed by atoms with E-state index in [0.29, 0.717) is 0 Å². The Morgan fingerprint density at radius 1 is 1.35 bits per heavy atom. The van der Waals surface area contributed by atoms with Crippen molar-refractivity contribution in [3.63, 3.8) is 0 Å². The monoisotopic (exact) mass is 335 g/mol. The number of halogens is 4. The highest BCUT2D eigenvalue weighted by molar-refractivity contribution is 5.95. The maximum atomic E-state index is 13.6. The number of likely N-dealkylation sites (tertiary alicyclic amines) is 1. The molecule has 1 aliphatic heterocycles. The Labute approximate surface area is 128 Å².